The number of aromatic carboxylic acids is 1. The van der Waals surface area contributed by atoms with E-state index in [1.54, 1.807) is 18.2 Å². The molecular weight excluding hydrogens is 258 g/mol. The molecular formula is C12H12ClNO4. The first-order chi connectivity index (χ1) is 8.17. The largest absolute Gasteiger partial charge is 0.493 e. The number of carboxylic acids is 1. The molecule has 1 heterocycles. The second-order valence-corrected chi connectivity index (χ2v) is 3.39. The summed E-state index contributed by atoms with van der Waals surface area (Å²) in [4.78, 5) is 14.9. The van der Waals surface area contributed by atoms with E-state index in [-0.39, 0.29) is 18.1 Å². The first-order valence-corrected chi connectivity index (χ1v) is 4.91. The molecule has 0 radical (unpaired) electrons. The summed E-state index contributed by atoms with van der Waals surface area (Å²) >= 11 is 0. The molecule has 1 N–H and O–H groups in total. The smallest absolute Gasteiger partial charge is 0.355 e. The number of pyridine rings is 1. The van der Waals surface area contributed by atoms with Crippen LogP contribution in [0, 0.1) is 0 Å². The van der Waals surface area contributed by atoms with Crippen LogP contribution < -0.4 is 9.47 Å². The first-order valence-electron chi connectivity index (χ1n) is 4.91. The predicted octanol–water partition coefficient (Wildman–Crippen LogP) is 2.37. The van der Waals surface area contributed by atoms with E-state index in [2.05, 4.69) is 4.98 Å². The lowest BCUT2D eigenvalue weighted by atomic mass is 10.1. The van der Waals surface area contributed by atoms with Gasteiger partial charge in [-0.05, 0) is 23.6 Å². The van der Waals surface area contributed by atoms with Gasteiger partial charge in [0.15, 0.2) is 17.2 Å². The highest BCUT2D eigenvalue weighted by molar-refractivity contribution is 6.02. The van der Waals surface area contributed by atoms with Gasteiger partial charge in [0, 0.05) is 11.6 Å². The average Bonchev–Trinajstić information content (AvgIpc) is 2.35. The molecule has 0 fully saturated rings. The Kier molecular flexibility index (Phi) is 4.33. The van der Waals surface area contributed by atoms with Gasteiger partial charge >= 0.3 is 5.97 Å². The monoisotopic (exact) mass is 269 g/mol. The summed E-state index contributed by atoms with van der Waals surface area (Å²) in [7, 11) is 3.03. The number of halogens is 1. The second-order valence-electron chi connectivity index (χ2n) is 3.39. The van der Waals surface area contributed by atoms with Crippen LogP contribution >= 0.6 is 12.4 Å². The van der Waals surface area contributed by atoms with Crippen LogP contribution in [0.1, 0.15) is 10.5 Å². The van der Waals surface area contributed by atoms with Crippen molar-refractivity contribution in [3.8, 4) is 11.5 Å². The van der Waals surface area contributed by atoms with Gasteiger partial charge in [0.25, 0.3) is 0 Å². The van der Waals surface area contributed by atoms with E-state index in [0.29, 0.717) is 16.9 Å². The van der Waals surface area contributed by atoms with Crippen LogP contribution in [0.3, 0.4) is 0 Å². The molecule has 5 nitrogen and oxygen atoms in total. The number of fused-ring (bicyclic) bond motifs is 1. The lowest BCUT2D eigenvalue weighted by Crippen LogP contribution is -2.01. The molecule has 0 aliphatic heterocycles. The minimum Gasteiger partial charge on any atom is -0.493 e. The fraction of sp³-hybridized carbons (Fsp3) is 0.167. The quantitative estimate of drug-likeness (QED) is 0.926. The van der Waals surface area contributed by atoms with Crippen molar-refractivity contribution >= 4 is 29.1 Å². The van der Waals surface area contributed by atoms with Gasteiger partial charge in [-0.25, -0.2) is 9.78 Å². The molecule has 96 valence electrons. The van der Waals surface area contributed by atoms with Crippen molar-refractivity contribution in [1.82, 2.24) is 4.98 Å². The topological polar surface area (TPSA) is 68.7 Å². The molecule has 0 saturated carbocycles. The fourth-order valence-corrected chi connectivity index (χ4v) is 1.67. The average molecular weight is 270 g/mol. The minimum absolute atomic E-state index is 0. The van der Waals surface area contributed by atoms with E-state index < -0.39 is 5.97 Å². The Labute approximate surface area is 110 Å². The van der Waals surface area contributed by atoms with Gasteiger partial charge in [-0.3, -0.25) is 0 Å². The fourth-order valence-electron chi connectivity index (χ4n) is 1.67. The summed E-state index contributed by atoms with van der Waals surface area (Å²) < 4.78 is 10.3. The Hall–Kier alpha value is -2.01. The number of nitrogens with zero attached hydrogens (tertiary/aromatic N) is 1. The first kappa shape index (κ1) is 14.1. The molecule has 0 amide bonds. The number of methoxy groups -OCH3 is 2. The molecule has 0 atom stereocenters. The molecule has 0 bridgehead atoms. The zero-order chi connectivity index (χ0) is 12.4. The Morgan fingerprint density at radius 1 is 1.22 bits per heavy atom. The van der Waals surface area contributed by atoms with Crippen molar-refractivity contribution in [2.45, 2.75) is 0 Å². The lowest BCUT2D eigenvalue weighted by Gasteiger charge is -2.09. The Morgan fingerprint density at radius 3 is 2.39 bits per heavy atom. The number of ether oxygens (including phenoxy) is 2. The van der Waals surface area contributed by atoms with E-state index >= 15 is 0 Å². The van der Waals surface area contributed by atoms with Crippen LogP contribution in [0.5, 0.6) is 11.5 Å². The molecule has 2 aromatic rings. The molecule has 6 heteroatoms. The molecule has 1 aromatic heterocycles. The number of rotatable bonds is 3. The summed E-state index contributed by atoms with van der Waals surface area (Å²) in [6, 6.07) is 5.07. The van der Waals surface area contributed by atoms with Gasteiger partial charge in [0.1, 0.15) is 0 Å². The van der Waals surface area contributed by atoms with Crippen LogP contribution in [0.15, 0.2) is 24.4 Å². The predicted molar refractivity (Wildman–Crippen MR) is 69.1 cm³/mol. The molecule has 18 heavy (non-hydrogen) atoms. The summed E-state index contributed by atoms with van der Waals surface area (Å²) in [5.74, 6) is -0.0270. The van der Waals surface area contributed by atoms with Crippen molar-refractivity contribution in [3.63, 3.8) is 0 Å². The van der Waals surface area contributed by atoms with Crippen molar-refractivity contribution in [2.24, 2.45) is 0 Å². The summed E-state index contributed by atoms with van der Waals surface area (Å²) in [6.07, 6.45) is 1.46. The standard InChI is InChI=1S/C12H11NO4.ClH/c1-16-9-5-7-3-4-13-11(12(14)15)8(7)6-10(9)17-2;/h3-6H,1-2H3,(H,14,15);1H. The second kappa shape index (κ2) is 5.55. The summed E-state index contributed by atoms with van der Waals surface area (Å²) in [6.45, 7) is 0. The maximum atomic E-state index is 11.0. The van der Waals surface area contributed by atoms with Crippen LogP contribution in [0.2, 0.25) is 0 Å². The number of carboxylic acid groups (broad SMARTS) is 1. The maximum Gasteiger partial charge on any atom is 0.355 e. The van der Waals surface area contributed by atoms with Gasteiger partial charge in [0.05, 0.1) is 14.2 Å². The van der Waals surface area contributed by atoms with Gasteiger partial charge in [0.2, 0.25) is 0 Å². The van der Waals surface area contributed by atoms with E-state index in [1.807, 2.05) is 0 Å². The van der Waals surface area contributed by atoms with Gasteiger partial charge < -0.3 is 14.6 Å². The number of aromatic nitrogens is 1. The van der Waals surface area contributed by atoms with Crippen molar-refractivity contribution in [3.05, 3.63) is 30.1 Å². The zero-order valence-corrected chi connectivity index (χ0v) is 10.7. The minimum atomic E-state index is -1.07. The zero-order valence-electron chi connectivity index (χ0n) is 9.84. The number of carbonyl (C=O) groups is 1. The van der Waals surface area contributed by atoms with Crippen molar-refractivity contribution in [2.75, 3.05) is 14.2 Å². The Bertz CT molecular complexity index is 586. The lowest BCUT2D eigenvalue weighted by molar-refractivity contribution is 0.0693. The molecule has 0 aliphatic rings. The normalized spacial score (nSPS) is 9.67. The van der Waals surface area contributed by atoms with Crippen molar-refractivity contribution < 1.29 is 19.4 Å². The number of benzene rings is 1. The highest BCUT2D eigenvalue weighted by Gasteiger charge is 2.13. The van der Waals surface area contributed by atoms with Crippen LogP contribution in [0.4, 0.5) is 0 Å². The highest BCUT2D eigenvalue weighted by Crippen LogP contribution is 2.32. The van der Waals surface area contributed by atoms with E-state index in [0.717, 1.165) is 5.39 Å². The molecule has 2 rings (SSSR count). The molecule has 0 saturated heterocycles. The molecule has 0 spiro atoms. The molecule has 0 unspecified atom stereocenters. The number of hydrogen-bond acceptors (Lipinski definition) is 4. The van der Waals surface area contributed by atoms with E-state index in [1.165, 1.54) is 20.4 Å². The Morgan fingerprint density at radius 2 is 1.83 bits per heavy atom. The van der Waals surface area contributed by atoms with E-state index in [9.17, 15) is 4.79 Å². The Balaban J connectivity index is 0.00000162. The third-order valence-corrected chi connectivity index (χ3v) is 2.47. The third kappa shape index (κ3) is 2.31. The van der Waals surface area contributed by atoms with Gasteiger partial charge in [-0.1, -0.05) is 0 Å². The van der Waals surface area contributed by atoms with Crippen LogP contribution in [0.25, 0.3) is 10.8 Å². The van der Waals surface area contributed by atoms with Gasteiger partial charge in [-0.15, -0.1) is 12.4 Å². The summed E-state index contributed by atoms with van der Waals surface area (Å²) in [5, 5.41) is 10.3. The highest BCUT2D eigenvalue weighted by atomic mass is 35.5. The maximum absolute atomic E-state index is 11.0. The van der Waals surface area contributed by atoms with Crippen molar-refractivity contribution in [1.29, 1.82) is 0 Å². The number of hydrogen-bond donors (Lipinski definition) is 1. The van der Waals surface area contributed by atoms with Crippen LogP contribution in [-0.4, -0.2) is 30.3 Å². The molecule has 0 aliphatic carbocycles. The summed E-state index contributed by atoms with van der Waals surface area (Å²) in [5.41, 5.74) is 0.00320. The van der Waals surface area contributed by atoms with Crippen LogP contribution in [-0.2, 0) is 0 Å². The van der Waals surface area contributed by atoms with Gasteiger partial charge in [-0.2, -0.15) is 0 Å². The SMILES string of the molecule is COc1cc2ccnc(C(=O)O)c2cc1OC.Cl. The molecule has 1 aromatic carbocycles. The van der Waals surface area contributed by atoms with E-state index in [4.69, 9.17) is 14.6 Å². The third-order valence-electron chi connectivity index (χ3n) is 2.47.